The molecule has 0 fully saturated rings. The summed E-state index contributed by atoms with van der Waals surface area (Å²) in [7, 11) is 4.87. The molecule has 1 aromatic carbocycles. The molecule has 1 heterocycles. The van der Waals surface area contributed by atoms with Crippen molar-refractivity contribution in [3.8, 4) is 17.2 Å². The topological polar surface area (TPSA) is 44.5 Å². The van der Waals surface area contributed by atoms with Crippen LogP contribution in [0.15, 0.2) is 12.1 Å². The van der Waals surface area contributed by atoms with E-state index in [1.165, 1.54) is 0 Å². The molecule has 0 unspecified atom stereocenters. The molecule has 1 aromatic heterocycles. The van der Waals surface area contributed by atoms with E-state index in [4.69, 9.17) is 14.2 Å². The second kappa shape index (κ2) is 7.26. The number of nitrogens with zero attached hydrogens (tertiary/aromatic N) is 2. The van der Waals surface area contributed by atoms with E-state index in [9.17, 15) is 0 Å². The molecule has 118 valence electrons. The SMILES string of the molecule is CC[n+]1nc(C)sc1/C=C/c1cc(OC)cc(OC)c1OC. The van der Waals surface area contributed by atoms with Gasteiger partial charge in [0, 0.05) is 22.8 Å². The molecule has 0 bridgehead atoms. The van der Waals surface area contributed by atoms with Crippen LogP contribution in [0.1, 0.15) is 22.5 Å². The summed E-state index contributed by atoms with van der Waals surface area (Å²) in [5.74, 6) is 2.05. The van der Waals surface area contributed by atoms with Crippen molar-refractivity contribution in [2.24, 2.45) is 0 Å². The number of methoxy groups -OCH3 is 3. The summed E-state index contributed by atoms with van der Waals surface area (Å²) < 4.78 is 18.1. The lowest BCUT2D eigenvalue weighted by Crippen LogP contribution is -2.36. The van der Waals surface area contributed by atoms with E-state index in [2.05, 4.69) is 12.0 Å². The molecule has 0 saturated carbocycles. The van der Waals surface area contributed by atoms with Gasteiger partial charge in [0.1, 0.15) is 5.75 Å². The van der Waals surface area contributed by atoms with Crippen molar-refractivity contribution < 1.29 is 18.9 Å². The average molecular weight is 321 g/mol. The molecule has 6 heteroatoms. The Kier molecular flexibility index (Phi) is 5.38. The molecule has 22 heavy (non-hydrogen) atoms. The van der Waals surface area contributed by atoms with Crippen LogP contribution in [-0.2, 0) is 6.54 Å². The van der Waals surface area contributed by atoms with Gasteiger partial charge in [0.05, 0.1) is 21.3 Å². The summed E-state index contributed by atoms with van der Waals surface area (Å²) >= 11 is 1.65. The molecule has 0 aliphatic heterocycles. The van der Waals surface area contributed by atoms with Crippen molar-refractivity contribution in [2.75, 3.05) is 21.3 Å². The van der Waals surface area contributed by atoms with Gasteiger partial charge in [0.2, 0.25) is 0 Å². The van der Waals surface area contributed by atoms with Crippen molar-refractivity contribution in [2.45, 2.75) is 20.4 Å². The third-order valence-corrected chi connectivity index (χ3v) is 4.12. The fourth-order valence-corrected chi connectivity index (χ4v) is 3.01. The minimum atomic E-state index is 0.644. The smallest absolute Gasteiger partial charge is 0.289 e. The lowest BCUT2D eigenvalue weighted by molar-refractivity contribution is -0.747. The zero-order valence-electron chi connectivity index (χ0n) is 13.5. The first-order chi connectivity index (χ1) is 10.6. The Hall–Kier alpha value is -2.08. The minimum absolute atomic E-state index is 0.644. The molecule has 0 atom stereocenters. The molecule has 0 N–H and O–H groups in total. The predicted molar refractivity (Wildman–Crippen MR) is 87.7 cm³/mol. The highest BCUT2D eigenvalue weighted by molar-refractivity contribution is 7.11. The Labute approximate surface area is 134 Å². The van der Waals surface area contributed by atoms with Gasteiger partial charge in [-0.15, -0.1) is 0 Å². The van der Waals surface area contributed by atoms with E-state index in [-0.39, 0.29) is 0 Å². The maximum Gasteiger partial charge on any atom is 0.289 e. The Morgan fingerprint density at radius 3 is 2.50 bits per heavy atom. The summed E-state index contributed by atoms with van der Waals surface area (Å²) in [4.78, 5) is 0. The molecular formula is C16H21N2O3S+. The van der Waals surface area contributed by atoms with Crippen LogP contribution in [-0.4, -0.2) is 26.4 Å². The van der Waals surface area contributed by atoms with Crippen molar-refractivity contribution in [3.63, 3.8) is 0 Å². The molecule has 0 saturated heterocycles. The van der Waals surface area contributed by atoms with Gasteiger partial charge in [-0.05, 0) is 37.3 Å². The van der Waals surface area contributed by atoms with Gasteiger partial charge in [0.25, 0.3) is 5.01 Å². The maximum atomic E-state index is 5.47. The van der Waals surface area contributed by atoms with Crippen LogP contribution in [0.3, 0.4) is 0 Å². The molecule has 0 amide bonds. The summed E-state index contributed by atoms with van der Waals surface area (Å²) in [5.41, 5.74) is 0.896. The van der Waals surface area contributed by atoms with E-state index < -0.39 is 0 Å². The van der Waals surface area contributed by atoms with Gasteiger partial charge >= 0.3 is 0 Å². The Morgan fingerprint density at radius 2 is 1.91 bits per heavy atom. The van der Waals surface area contributed by atoms with Crippen LogP contribution in [0.5, 0.6) is 17.2 Å². The van der Waals surface area contributed by atoms with Gasteiger partial charge in [-0.3, -0.25) is 0 Å². The zero-order valence-corrected chi connectivity index (χ0v) is 14.4. The number of benzene rings is 1. The summed E-state index contributed by atoms with van der Waals surface area (Å²) in [6.07, 6.45) is 4.02. The van der Waals surface area contributed by atoms with Crippen LogP contribution in [0.4, 0.5) is 0 Å². The second-order valence-corrected chi connectivity index (χ2v) is 5.77. The van der Waals surface area contributed by atoms with Gasteiger partial charge in [-0.25, -0.2) is 0 Å². The standard InChI is InChI=1S/C16H21N2O3S/c1-6-18-15(22-11(2)17-18)8-7-12-9-13(19-3)10-14(20-4)16(12)21-5/h7-10H,6H2,1-5H3/q+1/b8-7+. The predicted octanol–water partition coefficient (Wildman–Crippen LogP) is 2.96. The van der Waals surface area contributed by atoms with E-state index in [0.29, 0.717) is 11.5 Å². The molecule has 2 rings (SSSR count). The van der Waals surface area contributed by atoms with E-state index in [0.717, 1.165) is 27.9 Å². The maximum absolute atomic E-state index is 5.47. The fraction of sp³-hybridized carbons (Fsp3) is 0.375. The largest absolute Gasteiger partial charge is 0.497 e. The fourth-order valence-electron chi connectivity index (χ4n) is 2.16. The third-order valence-electron chi connectivity index (χ3n) is 3.19. The minimum Gasteiger partial charge on any atom is -0.497 e. The highest BCUT2D eigenvalue weighted by Crippen LogP contribution is 2.36. The highest BCUT2D eigenvalue weighted by atomic mass is 32.1. The van der Waals surface area contributed by atoms with E-state index in [1.807, 2.05) is 29.8 Å². The monoisotopic (exact) mass is 321 g/mol. The molecule has 5 nitrogen and oxygen atoms in total. The van der Waals surface area contributed by atoms with E-state index >= 15 is 0 Å². The lowest BCUT2D eigenvalue weighted by atomic mass is 10.1. The van der Waals surface area contributed by atoms with Crippen LogP contribution in [0, 0.1) is 6.92 Å². The Balaban J connectivity index is 2.44. The van der Waals surface area contributed by atoms with Crippen molar-refractivity contribution >= 4 is 23.5 Å². The van der Waals surface area contributed by atoms with Crippen molar-refractivity contribution in [1.29, 1.82) is 0 Å². The average Bonchev–Trinajstić information content (AvgIpc) is 2.91. The molecule has 0 aliphatic carbocycles. The summed E-state index contributed by atoms with van der Waals surface area (Å²) in [5, 5.41) is 6.58. The molecular weight excluding hydrogens is 300 g/mol. The first-order valence-electron chi connectivity index (χ1n) is 6.98. The zero-order chi connectivity index (χ0) is 16.1. The van der Waals surface area contributed by atoms with Gasteiger partial charge in [0.15, 0.2) is 23.1 Å². The second-order valence-electron chi connectivity index (χ2n) is 4.56. The third kappa shape index (κ3) is 3.39. The van der Waals surface area contributed by atoms with Gasteiger partial charge in [-0.2, -0.15) is 0 Å². The van der Waals surface area contributed by atoms with Crippen molar-refractivity contribution in [1.82, 2.24) is 5.10 Å². The number of hydrogen-bond donors (Lipinski definition) is 0. The highest BCUT2D eigenvalue weighted by Gasteiger charge is 2.15. The summed E-state index contributed by atoms with van der Waals surface area (Å²) in [6.45, 7) is 4.91. The number of aromatic nitrogens is 2. The molecule has 0 spiro atoms. The lowest BCUT2D eigenvalue weighted by Gasteiger charge is -2.12. The number of ether oxygens (including phenoxy) is 3. The first-order valence-corrected chi connectivity index (χ1v) is 7.80. The normalized spacial score (nSPS) is 11.0. The quantitative estimate of drug-likeness (QED) is 0.767. The van der Waals surface area contributed by atoms with Gasteiger partial charge < -0.3 is 14.2 Å². The van der Waals surface area contributed by atoms with Crippen LogP contribution < -0.4 is 18.9 Å². The molecule has 2 aromatic rings. The van der Waals surface area contributed by atoms with Crippen LogP contribution in [0.25, 0.3) is 12.2 Å². The number of rotatable bonds is 6. The number of aryl methyl sites for hydroxylation is 2. The van der Waals surface area contributed by atoms with E-state index in [1.54, 1.807) is 38.7 Å². The number of hydrogen-bond acceptors (Lipinski definition) is 5. The van der Waals surface area contributed by atoms with Gasteiger partial charge in [-0.1, -0.05) is 4.68 Å². The molecule has 0 radical (unpaired) electrons. The van der Waals surface area contributed by atoms with Crippen LogP contribution >= 0.6 is 11.3 Å². The Bertz CT molecular complexity index is 680. The van der Waals surface area contributed by atoms with Crippen molar-refractivity contribution in [3.05, 3.63) is 27.7 Å². The van der Waals surface area contributed by atoms with Crippen LogP contribution in [0.2, 0.25) is 0 Å². The Morgan fingerprint density at radius 1 is 1.14 bits per heavy atom. The molecule has 0 aliphatic rings. The first kappa shape index (κ1) is 16.3. The summed E-state index contributed by atoms with van der Waals surface area (Å²) in [6, 6.07) is 3.72.